The zero-order valence-corrected chi connectivity index (χ0v) is 7.47. The monoisotopic (exact) mass is 168 g/mol. The van der Waals surface area contributed by atoms with E-state index >= 15 is 0 Å². The van der Waals surface area contributed by atoms with Crippen molar-refractivity contribution >= 4 is 5.91 Å². The van der Waals surface area contributed by atoms with E-state index in [4.69, 9.17) is 0 Å². The average Bonchev–Trinajstić information content (AvgIpc) is 2.52. The highest BCUT2D eigenvalue weighted by Crippen LogP contribution is 2.34. The molecule has 1 saturated heterocycles. The van der Waals surface area contributed by atoms with Crippen molar-refractivity contribution in [1.82, 2.24) is 10.6 Å². The van der Waals surface area contributed by atoms with Gasteiger partial charge in [-0.05, 0) is 31.2 Å². The van der Waals surface area contributed by atoms with Crippen LogP contribution >= 0.6 is 0 Å². The standard InChI is InChI=1S/C9H16N2O/c1-6(12)11-9-3-2-7-4-10-5-8(7)9/h7-10H,2-5H2,1H3,(H,11,12)/t7-,8+,9+/m0/s1. The molecule has 3 heteroatoms. The quantitative estimate of drug-likeness (QED) is 0.584. The molecule has 0 bridgehead atoms. The van der Waals surface area contributed by atoms with Gasteiger partial charge in [-0.15, -0.1) is 0 Å². The highest BCUT2D eigenvalue weighted by molar-refractivity contribution is 5.73. The fourth-order valence-electron chi connectivity index (χ4n) is 2.59. The topological polar surface area (TPSA) is 41.1 Å². The second-order valence-electron chi connectivity index (χ2n) is 3.97. The summed E-state index contributed by atoms with van der Waals surface area (Å²) in [4.78, 5) is 10.9. The number of nitrogens with one attached hydrogen (secondary N) is 2. The Morgan fingerprint density at radius 2 is 2.25 bits per heavy atom. The number of rotatable bonds is 1. The zero-order valence-electron chi connectivity index (χ0n) is 7.47. The molecule has 0 aromatic rings. The first kappa shape index (κ1) is 8.05. The molecule has 68 valence electrons. The molecule has 0 aromatic heterocycles. The second kappa shape index (κ2) is 3.05. The fourth-order valence-corrected chi connectivity index (χ4v) is 2.59. The van der Waals surface area contributed by atoms with Crippen molar-refractivity contribution in [3.8, 4) is 0 Å². The van der Waals surface area contributed by atoms with E-state index in [1.807, 2.05) is 0 Å². The maximum atomic E-state index is 10.9. The predicted octanol–water partition coefficient (Wildman–Crippen LogP) is 0.121. The summed E-state index contributed by atoms with van der Waals surface area (Å²) in [5.74, 6) is 1.64. The van der Waals surface area contributed by atoms with Crippen LogP contribution in [0.25, 0.3) is 0 Å². The Morgan fingerprint density at radius 3 is 3.00 bits per heavy atom. The molecule has 0 aromatic carbocycles. The van der Waals surface area contributed by atoms with Crippen molar-refractivity contribution < 1.29 is 4.79 Å². The number of hydrogen-bond donors (Lipinski definition) is 2. The summed E-state index contributed by atoms with van der Waals surface area (Å²) in [5.41, 5.74) is 0. The molecule has 0 spiro atoms. The van der Waals surface area contributed by atoms with Crippen molar-refractivity contribution in [2.45, 2.75) is 25.8 Å². The minimum absolute atomic E-state index is 0.118. The number of hydrogen-bond acceptors (Lipinski definition) is 2. The molecule has 2 fully saturated rings. The van der Waals surface area contributed by atoms with Crippen LogP contribution in [0.2, 0.25) is 0 Å². The van der Waals surface area contributed by atoms with Gasteiger partial charge in [0.1, 0.15) is 0 Å². The van der Waals surface area contributed by atoms with Crippen LogP contribution in [-0.2, 0) is 4.79 Å². The molecule has 3 atom stereocenters. The summed E-state index contributed by atoms with van der Waals surface area (Å²) >= 11 is 0. The summed E-state index contributed by atoms with van der Waals surface area (Å²) < 4.78 is 0. The van der Waals surface area contributed by atoms with Crippen molar-refractivity contribution in [3.63, 3.8) is 0 Å². The Kier molecular flexibility index (Phi) is 2.05. The maximum Gasteiger partial charge on any atom is 0.217 e. The SMILES string of the molecule is CC(=O)N[C@@H]1CC[C@H]2CNC[C@H]21. The fraction of sp³-hybridized carbons (Fsp3) is 0.889. The van der Waals surface area contributed by atoms with Gasteiger partial charge in [-0.3, -0.25) is 4.79 Å². The van der Waals surface area contributed by atoms with Gasteiger partial charge in [0.2, 0.25) is 5.91 Å². The third-order valence-corrected chi connectivity index (χ3v) is 3.15. The van der Waals surface area contributed by atoms with Crippen molar-refractivity contribution in [3.05, 3.63) is 0 Å². The number of fused-ring (bicyclic) bond motifs is 1. The van der Waals surface area contributed by atoms with E-state index in [2.05, 4.69) is 10.6 Å². The molecule has 3 nitrogen and oxygen atoms in total. The summed E-state index contributed by atoms with van der Waals surface area (Å²) in [5, 5.41) is 6.41. The summed E-state index contributed by atoms with van der Waals surface area (Å²) in [6, 6.07) is 0.447. The lowest BCUT2D eigenvalue weighted by Crippen LogP contribution is -2.37. The summed E-state index contributed by atoms with van der Waals surface area (Å²) in [6.07, 6.45) is 2.46. The van der Waals surface area contributed by atoms with E-state index in [0.29, 0.717) is 12.0 Å². The van der Waals surface area contributed by atoms with Gasteiger partial charge in [-0.2, -0.15) is 0 Å². The van der Waals surface area contributed by atoms with E-state index in [-0.39, 0.29) is 5.91 Å². The van der Waals surface area contributed by atoms with Crippen LogP contribution < -0.4 is 10.6 Å². The average molecular weight is 168 g/mol. The molecule has 2 rings (SSSR count). The predicted molar refractivity (Wildman–Crippen MR) is 46.7 cm³/mol. The van der Waals surface area contributed by atoms with Gasteiger partial charge in [-0.25, -0.2) is 0 Å². The third kappa shape index (κ3) is 1.33. The zero-order chi connectivity index (χ0) is 8.55. The van der Waals surface area contributed by atoms with Gasteiger partial charge in [0.25, 0.3) is 0 Å². The van der Waals surface area contributed by atoms with E-state index in [1.165, 1.54) is 12.8 Å². The van der Waals surface area contributed by atoms with Crippen molar-refractivity contribution in [2.75, 3.05) is 13.1 Å². The molecule has 1 saturated carbocycles. The normalized spacial score (nSPS) is 39.6. The molecule has 1 aliphatic heterocycles. The lowest BCUT2D eigenvalue weighted by molar-refractivity contribution is -0.119. The maximum absolute atomic E-state index is 10.9. The molecule has 0 radical (unpaired) electrons. The molecule has 2 aliphatic rings. The van der Waals surface area contributed by atoms with Gasteiger partial charge >= 0.3 is 0 Å². The second-order valence-corrected chi connectivity index (χ2v) is 3.97. The molecule has 2 N–H and O–H groups in total. The van der Waals surface area contributed by atoms with Crippen LogP contribution in [-0.4, -0.2) is 25.0 Å². The van der Waals surface area contributed by atoms with Crippen LogP contribution in [0.3, 0.4) is 0 Å². The lowest BCUT2D eigenvalue weighted by atomic mass is 9.98. The van der Waals surface area contributed by atoms with Crippen LogP contribution in [0.5, 0.6) is 0 Å². The highest BCUT2D eigenvalue weighted by atomic mass is 16.1. The molecular weight excluding hydrogens is 152 g/mol. The Balaban J connectivity index is 1.95. The minimum Gasteiger partial charge on any atom is -0.353 e. The van der Waals surface area contributed by atoms with Gasteiger partial charge in [0, 0.05) is 19.5 Å². The molecule has 12 heavy (non-hydrogen) atoms. The van der Waals surface area contributed by atoms with Crippen molar-refractivity contribution in [1.29, 1.82) is 0 Å². The first-order valence-electron chi connectivity index (χ1n) is 4.75. The third-order valence-electron chi connectivity index (χ3n) is 3.15. The van der Waals surface area contributed by atoms with Gasteiger partial charge < -0.3 is 10.6 Å². The Hall–Kier alpha value is -0.570. The smallest absolute Gasteiger partial charge is 0.217 e. The number of carbonyl (C=O) groups is 1. The van der Waals surface area contributed by atoms with Gasteiger partial charge in [0.05, 0.1) is 0 Å². The number of carbonyl (C=O) groups excluding carboxylic acids is 1. The highest BCUT2D eigenvalue weighted by Gasteiger charge is 2.39. The largest absolute Gasteiger partial charge is 0.353 e. The Labute approximate surface area is 72.9 Å². The van der Waals surface area contributed by atoms with Crippen LogP contribution in [0.15, 0.2) is 0 Å². The van der Waals surface area contributed by atoms with E-state index < -0.39 is 0 Å². The van der Waals surface area contributed by atoms with E-state index in [9.17, 15) is 4.79 Å². The van der Waals surface area contributed by atoms with E-state index in [1.54, 1.807) is 6.92 Å². The van der Waals surface area contributed by atoms with Gasteiger partial charge in [0.15, 0.2) is 0 Å². The molecular formula is C9H16N2O. The molecule has 1 heterocycles. The van der Waals surface area contributed by atoms with Crippen LogP contribution in [0.1, 0.15) is 19.8 Å². The molecule has 1 amide bonds. The first-order chi connectivity index (χ1) is 5.77. The Bertz CT molecular complexity index is 193. The lowest BCUT2D eigenvalue weighted by Gasteiger charge is -2.18. The van der Waals surface area contributed by atoms with Gasteiger partial charge in [-0.1, -0.05) is 0 Å². The number of amides is 1. The summed E-state index contributed by atoms with van der Waals surface area (Å²) in [6.45, 7) is 3.85. The summed E-state index contributed by atoms with van der Waals surface area (Å²) in [7, 11) is 0. The minimum atomic E-state index is 0.118. The van der Waals surface area contributed by atoms with Crippen LogP contribution in [0, 0.1) is 11.8 Å². The molecule has 1 aliphatic carbocycles. The first-order valence-corrected chi connectivity index (χ1v) is 4.75. The van der Waals surface area contributed by atoms with E-state index in [0.717, 1.165) is 19.0 Å². The van der Waals surface area contributed by atoms with Crippen molar-refractivity contribution in [2.24, 2.45) is 11.8 Å². The Morgan fingerprint density at radius 1 is 1.42 bits per heavy atom. The molecule has 0 unspecified atom stereocenters. The van der Waals surface area contributed by atoms with Crippen LogP contribution in [0.4, 0.5) is 0 Å².